The fourth-order valence-corrected chi connectivity index (χ4v) is 3.59. The molecule has 0 saturated heterocycles. The normalized spacial score (nSPS) is 10.3. The molecule has 0 saturated carbocycles. The molecule has 3 rings (SSSR count). The number of carbonyl (C=O) groups excluding carboxylic acids is 1. The number of ether oxygens (including phenoxy) is 1. The van der Waals surface area contributed by atoms with Crippen LogP contribution in [0.15, 0.2) is 59.4 Å². The van der Waals surface area contributed by atoms with Gasteiger partial charge in [-0.1, -0.05) is 18.2 Å². The molecule has 1 aromatic heterocycles. The zero-order chi connectivity index (χ0) is 18.7. The van der Waals surface area contributed by atoms with Gasteiger partial charge in [0.1, 0.15) is 11.5 Å². The second-order valence-electron chi connectivity index (χ2n) is 5.24. The van der Waals surface area contributed by atoms with Crippen molar-refractivity contribution < 1.29 is 14.6 Å². The Morgan fingerprint density at radius 3 is 2.65 bits per heavy atom. The molecule has 0 aliphatic heterocycles. The highest BCUT2D eigenvalue weighted by molar-refractivity contribution is 7.73. The third-order valence-electron chi connectivity index (χ3n) is 3.55. The number of carbonyl (C=O) groups is 1. The van der Waals surface area contributed by atoms with Gasteiger partial charge < -0.3 is 9.84 Å². The van der Waals surface area contributed by atoms with E-state index >= 15 is 0 Å². The second kappa shape index (κ2) is 7.51. The van der Waals surface area contributed by atoms with E-state index in [1.165, 1.54) is 41.7 Å². The molecule has 0 aliphatic rings. The van der Waals surface area contributed by atoms with Crippen molar-refractivity contribution >= 4 is 29.5 Å². The summed E-state index contributed by atoms with van der Waals surface area (Å²) in [6.07, 6.45) is 0. The minimum atomic E-state index is -0.550. The Balaban J connectivity index is 1.97. The monoisotopic (exact) mass is 386 g/mol. The van der Waals surface area contributed by atoms with Gasteiger partial charge in [0.25, 0.3) is 11.5 Å². The van der Waals surface area contributed by atoms with Gasteiger partial charge in [0.05, 0.1) is 7.11 Å². The first-order valence-electron chi connectivity index (χ1n) is 7.50. The number of nitrogens with one attached hydrogen (secondary N) is 1. The van der Waals surface area contributed by atoms with E-state index in [-0.39, 0.29) is 15.3 Å². The molecule has 1 amide bonds. The Labute approximate surface area is 157 Å². The van der Waals surface area contributed by atoms with Crippen molar-refractivity contribution in [1.82, 2.24) is 4.68 Å². The molecular weight excluding hydrogens is 372 g/mol. The standard InChI is InChI=1S/C18H14N2O4S2/c1-24-14-8-3-2-7-13(14)15-10-16(22)20(18(25)26-15)19-17(23)11-5-4-6-12(21)9-11/h2-10,21H,1H3,(H,19,23). The van der Waals surface area contributed by atoms with Gasteiger partial charge >= 0.3 is 0 Å². The van der Waals surface area contributed by atoms with Crippen molar-refractivity contribution in [1.29, 1.82) is 0 Å². The van der Waals surface area contributed by atoms with Gasteiger partial charge in [-0.15, -0.1) is 11.3 Å². The number of rotatable bonds is 4. The molecule has 1 heterocycles. The minimum Gasteiger partial charge on any atom is -0.508 e. The summed E-state index contributed by atoms with van der Waals surface area (Å²) in [4.78, 5) is 25.4. The number of hydrogen-bond donors (Lipinski definition) is 2. The van der Waals surface area contributed by atoms with E-state index in [1.54, 1.807) is 13.2 Å². The zero-order valence-electron chi connectivity index (χ0n) is 13.6. The second-order valence-corrected chi connectivity index (χ2v) is 6.92. The van der Waals surface area contributed by atoms with Crippen LogP contribution in [-0.2, 0) is 0 Å². The van der Waals surface area contributed by atoms with Crippen LogP contribution in [0, 0.1) is 3.95 Å². The highest BCUT2D eigenvalue weighted by atomic mass is 32.1. The van der Waals surface area contributed by atoms with Crippen molar-refractivity contribution in [2.24, 2.45) is 0 Å². The van der Waals surface area contributed by atoms with Gasteiger partial charge in [-0.25, -0.2) is 0 Å². The van der Waals surface area contributed by atoms with Gasteiger partial charge in [-0.3, -0.25) is 15.0 Å². The molecule has 132 valence electrons. The van der Waals surface area contributed by atoms with Crippen molar-refractivity contribution in [3.8, 4) is 21.9 Å². The number of benzene rings is 2. The molecule has 8 heteroatoms. The molecular formula is C18H14N2O4S2. The van der Waals surface area contributed by atoms with Crippen molar-refractivity contribution in [3.63, 3.8) is 0 Å². The summed E-state index contributed by atoms with van der Waals surface area (Å²) in [5, 5.41) is 9.47. The number of aromatic nitrogens is 1. The van der Waals surface area contributed by atoms with Crippen LogP contribution in [0.4, 0.5) is 0 Å². The Hall–Kier alpha value is -2.97. The Bertz CT molecular complexity index is 1060. The third kappa shape index (κ3) is 3.66. The van der Waals surface area contributed by atoms with Crippen LogP contribution in [0.1, 0.15) is 10.4 Å². The van der Waals surface area contributed by atoms with Gasteiger partial charge in [0.15, 0.2) is 3.95 Å². The molecule has 0 aliphatic carbocycles. The number of amides is 1. The van der Waals surface area contributed by atoms with E-state index in [0.29, 0.717) is 10.6 Å². The molecule has 0 atom stereocenters. The Kier molecular flexibility index (Phi) is 5.15. The first-order valence-corrected chi connectivity index (χ1v) is 8.73. The summed E-state index contributed by atoms with van der Waals surface area (Å²) in [5.41, 5.74) is 2.95. The van der Waals surface area contributed by atoms with Crippen molar-refractivity contribution in [3.05, 3.63) is 74.5 Å². The lowest BCUT2D eigenvalue weighted by molar-refractivity contribution is 0.101. The molecule has 0 unspecified atom stereocenters. The summed E-state index contributed by atoms with van der Waals surface area (Å²) < 4.78 is 6.51. The number of methoxy groups -OCH3 is 1. The molecule has 0 fully saturated rings. The Morgan fingerprint density at radius 1 is 1.19 bits per heavy atom. The average molecular weight is 386 g/mol. The Morgan fingerprint density at radius 2 is 1.96 bits per heavy atom. The topological polar surface area (TPSA) is 80.6 Å². The lowest BCUT2D eigenvalue weighted by Crippen LogP contribution is -2.32. The van der Waals surface area contributed by atoms with E-state index in [9.17, 15) is 14.7 Å². The molecule has 2 aromatic carbocycles. The molecule has 0 spiro atoms. The van der Waals surface area contributed by atoms with Crippen LogP contribution in [0.2, 0.25) is 0 Å². The number of nitrogens with zero attached hydrogens (tertiary/aromatic N) is 1. The SMILES string of the molecule is COc1ccccc1-c1cc(=O)n(NC(=O)c2cccc(O)c2)c(=S)s1. The predicted octanol–water partition coefficient (Wildman–Crippen LogP) is 3.40. The molecule has 3 aromatic rings. The summed E-state index contributed by atoms with van der Waals surface area (Å²) in [5.74, 6) is 0.0309. The quantitative estimate of drug-likeness (QED) is 0.672. The number of phenols is 1. The summed E-state index contributed by atoms with van der Waals surface area (Å²) in [6.45, 7) is 0. The maximum Gasteiger partial charge on any atom is 0.272 e. The molecule has 6 nitrogen and oxygen atoms in total. The maximum absolute atomic E-state index is 12.5. The van der Waals surface area contributed by atoms with Crippen LogP contribution >= 0.6 is 23.6 Å². The van der Waals surface area contributed by atoms with E-state index in [1.807, 2.05) is 18.2 Å². The van der Waals surface area contributed by atoms with E-state index in [4.69, 9.17) is 17.0 Å². The largest absolute Gasteiger partial charge is 0.508 e. The van der Waals surface area contributed by atoms with Gasteiger partial charge in [0.2, 0.25) is 0 Å². The van der Waals surface area contributed by atoms with Crippen LogP contribution in [-0.4, -0.2) is 22.8 Å². The van der Waals surface area contributed by atoms with E-state index in [0.717, 1.165) is 10.2 Å². The van der Waals surface area contributed by atoms with Crippen molar-refractivity contribution in [2.45, 2.75) is 0 Å². The molecule has 0 radical (unpaired) electrons. The summed E-state index contributed by atoms with van der Waals surface area (Å²) in [6, 6.07) is 14.5. The van der Waals surface area contributed by atoms with Gasteiger partial charge in [0, 0.05) is 22.1 Å². The number of phenolic OH excluding ortho intramolecular Hbond substituents is 1. The van der Waals surface area contributed by atoms with Crippen molar-refractivity contribution in [2.75, 3.05) is 12.5 Å². The fourth-order valence-electron chi connectivity index (χ4n) is 2.33. The molecule has 26 heavy (non-hydrogen) atoms. The number of para-hydroxylation sites is 1. The predicted molar refractivity (Wildman–Crippen MR) is 103 cm³/mol. The highest BCUT2D eigenvalue weighted by Crippen LogP contribution is 2.31. The number of aromatic hydroxyl groups is 1. The smallest absolute Gasteiger partial charge is 0.272 e. The third-order valence-corrected chi connectivity index (χ3v) is 4.90. The van der Waals surface area contributed by atoms with Crippen LogP contribution < -0.4 is 15.7 Å². The molecule has 2 N–H and O–H groups in total. The first-order chi connectivity index (χ1) is 12.5. The lowest BCUT2D eigenvalue weighted by Gasteiger charge is -2.11. The average Bonchev–Trinajstić information content (AvgIpc) is 2.64. The van der Waals surface area contributed by atoms with Gasteiger partial charge in [-0.2, -0.15) is 4.68 Å². The molecule has 0 bridgehead atoms. The van der Waals surface area contributed by atoms with Crippen LogP contribution in [0.25, 0.3) is 10.4 Å². The van der Waals surface area contributed by atoms with Crippen LogP contribution in [0.5, 0.6) is 11.5 Å². The summed E-state index contributed by atoms with van der Waals surface area (Å²) >= 11 is 6.45. The minimum absolute atomic E-state index is 0.0436. The van der Waals surface area contributed by atoms with E-state index < -0.39 is 11.5 Å². The first kappa shape index (κ1) is 17.8. The zero-order valence-corrected chi connectivity index (χ0v) is 15.3. The number of hydrogen-bond acceptors (Lipinski definition) is 6. The van der Waals surface area contributed by atoms with Crippen LogP contribution in [0.3, 0.4) is 0 Å². The lowest BCUT2D eigenvalue weighted by atomic mass is 10.1. The summed E-state index contributed by atoms with van der Waals surface area (Å²) in [7, 11) is 1.55. The highest BCUT2D eigenvalue weighted by Gasteiger charge is 2.12. The van der Waals surface area contributed by atoms with Gasteiger partial charge in [-0.05, 0) is 42.5 Å². The maximum atomic E-state index is 12.5. The van der Waals surface area contributed by atoms with E-state index in [2.05, 4.69) is 5.43 Å². The fraction of sp³-hybridized carbons (Fsp3) is 0.0556.